The van der Waals surface area contributed by atoms with E-state index in [1.807, 2.05) is 11.0 Å². The third-order valence-electron chi connectivity index (χ3n) is 8.32. The van der Waals surface area contributed by atoms with Crippen LogP contribution in [0.4, 0.5) is 0 Å². The normalized spacial score (nSPS) is 22.1. The molecule has 0 aliphatic carbocycles. The fourth-order valence-electron chi connectivity index (χ4n) is 6.05. The van der Waals surface area contributed by atoms with Crippen molar-refractivity contribution in [1.82, 2.24) is 9.80 Å². The summed E-state index contributed by atoms with van der Waals surface area (Å²) in [5, 5.41) is 9.36. The fourth-order valence-corrected chi connectivity index (χ4v) is 6.05. The Morgan fingerprint density at radius 2 is 1.76 bits per heavy atom. The van der Waals surface area contributed by atoms with Gasteiger partial charge in [-0.15, -0.1) is 0 Å². The highest BCUT2D eigenvalue weighted by molar-refractivity contribution is 5.97. The first-order chi connectivity index (χ1) is 18.3. The van der Waals surface area contributed by atoms with Crippen molar-refractivity contribution >= 4 is 17.4 Å². The summed E-state index contributed by atoms with van der Waals surface area (Å²) in [7, 11) is 0. The SMILES string of the molecule is C/C(=C\C1COC(CN2CCc3ccc(C(C)C)cc3C2=O)C1)c1ccc2c(c1)C(=O)N(CCO)CCC2. The molecule has 6 nitrogen and oxygen atoms in total. The molecule has 202 valence electrons. The maximum Gasteiger partial charge on any atom is 0.254 e. The molecule has 2 aromatic rings. The van der Waals surface area contributed by atoms with Crippen LogP contribution in [0, 0.1) is 5.92 Å². The first-order valence-electron chi connectivity index (χ1n) is 14.1. The van der Waals surface area contributed by atoms with E-state index in [1.54, 1.807) is 4.90 Å². The second kappa shape index (κ2) is 11.4. The number of nitrogens with zero attached hydrogens (tertiary/aromatic N) is 2. The summed E-state index contributed by atoms with van der Waals surface area (Å²) in [6.45, 7) is 9.46. The number of ether oxygens (including phenoxy) is 1. The molecule has 1 fully saturated rings. The van der Waals surface area contributed by atoms with E-state index in [-0.39, 0.29) is 30.4 Å². The molecule has 2 aromatic carbocycles. The zero-order chi connectivity index (χ0) is 26.8. The van der Waals surface area contributed by atoms with Crippen molar-refractivity contribution in [3.63, 3.8) is 0 Å². The predicted molar refractivity (Wildman–Crippen MR) is 149 cm³/mol. The Labute approximate surface area is 226 Å². The minimum atomic E-state index is -0.0168. The number of benzene rings is 2. The molecule has 0 saturated carbocycles. The van der Waals surface area contributed by atoms with E-state index in [2.05, 4.69) is 57.2 Å². The van der Waals surface area contributed by atoms with Gasteiger partial charge in [0.05, 0.1) is 19.3 Å². The van der Waals surface area contributed by atoms with Gasteiger partial charge in [0, 0.05) is 43.2 Å². The van der Waals surface area contributed by atoms with Crippen LogP contribution in [-0.4, -0.2) is 72.2 Å². The van der Waals surface area contributed by atoms with Gasteiger partial charge in [0.2, 0.25) is 0 Å². The van der Waals surface area contributed by atoms with Crippen LogP contribution in [0.2, 0.25) is 0 Å². The largest absolute Gasteiger partial charge is 0.395 e. The lowest BCUT2D eigenvalue weighted by molar-refractivity contribution is 0.0506. The number of amides is 2. The number of rotatable bonds is 7. The predicted octanol–water partition coefficient (Wildman–Crippen LogP) is 4.70. The van der Waals surface area contributed by atoms with Crippen molar-refractivity contribution in [2.24, 2.45) is 5.92 Å². The van der Waals surface area contributed by atoms with Gasteiger partial charge in [-0.2, -0.15) is 0 Å². The molecule has 2 atom stereocenters. The van der Waals surface area contributed by atoms with Crippen LogP contribution in [0.3, 0.4) is 0 Å². The van der Waals surface area contributed by atoms with Gasteiger partial charge in [0.25, 0.3) is 11.8 Å². The van der Waals surface area contributed by atoms with E-state index in [0.29, 0.717) is 32.2 Å². The highest BCUT2D eigenvalue weighted by Gasteiger charge is 2.31. The van der Waals surface area contributed by atoms with Gasteiger partial charge in [-0.3, -0.25) is 9.59 Å². The number of hydrogen-bond donors (Lipinski definition) is 1. The third kappa shape index (κ3) is 5.57. The van der Waals surface area contributed by atoms with Gasteiger partial charge in [0.1, 0.15) is 0 Å². The Bertz CT molecular complexity index is 1230. The van der Waals surface area contributed by atoms with Crippen LogP contribution >= 0.6 is 0 Å². The molecule has 3 heterocycles. The number of aryl methyl sites for hydroxylation is 1. The number of fused-ring (bicyclic) bond motifs is 2. The van der Waals surface area contributed by atoms with Crippen LogP contribution in [0.1, 0.15) is 82.5 Å². The van der Waals surface area contributed by atoms with E-state index < -0.39 is 0 Å². The summed E-state index contributed by atoms with van der Waals surface area (Å²) in [5.41, 5.74) is 7.24. The quantitative estimate of drug-likeness (QED) is 0.579. The maximum absolute atomic E-state index is 13.3. The average molecular weight is 517 g/mol. The number of hydrogen-bond acceptors (Lipinski definition) is 4. The molecular formula is C32H40N2O4. The minimum absolute atomic E-state index is 0.0127. The molecule has 38 heavy (non-hydrogen) atoms. The van der Waals surface area contributed by atoms with Crippen molar-refractivity contribution in [3.8, 4) is 0 Å². The van der Waals surface area contributed by atoms with Gasteiger partial charge in [-0.25, -0.2) is 0 Å². The lowest BCUT2D eigenvalue weighted by Gasteiger charge is -2.31. The monoisotopic (exact) mass is 516 g/mol. The minimum Gasteiger partial charge on any atom is -0.395 e. The molecule has 0 radical (unpaired) electrons. The molecule has 0 aromatic heterocycles. The van der Waals surface area contributed by atoms with Crippen LogP contribution in [0.15, 0.2) is 42.5 Å². The zero-order valence-electron chi connectivity index (χ0n) is 22.9. The van der Waals surface area contributed by atoms with Crippen molar-refractivity contribution < 1.29 is 19.4 Å². The van der Waals surface area contributed by atoms with Gasteiger partial charge >= 0.3 is 0 Å². The highest BCUT2D eigenvalue weighted by Crippen LogP contribution is 2.30. The number of allylic oxidation sites excluding steroid dienone is 1. The molecule has 0 spiro atoms. The molecule has 2 amide bonds. The lowest BCUT2D eigenvalue weighted by atomic mass is 9.92. The number of carbonyl (C=O) groups is 2. The summed E-state index contributed by atoms with van der Waals surface area (Å²) >= 11 is 0. The molecule has 3 aliphatic rings. The first kappa shape index (κ1) is 26.6. The summed E-state index contributed by atoms with van der Waals surface area (Å²) in [6.07, 6.45) is 5.86. The molecule has 5 rings (SSSR count). The molecule has 1 saturated heterocycles. The summed E-state index contributed by atoms with van der Waals surface area (Å²) in [5.74, 6) is 0.811. The Morgan fingerprint density at radius 1 is 1.03 bits per heavy atom. The number of aliphatic hydroxyl groups is 1. The fraction of sp³-hybridized carbons (Fsp3) is 0.500. The topological polar surface area (TPSA) is 70.1 Å². The summed E-state index contributed by atoms with van der Waals surface area (Å²) < 4.78 is 6.15. The summed E-state index contributed by atoms with van der Waals surface area (Å²) in [6, 6.07) is 12.6. The van der Waals surface area contributed by atoms with Crippen molar-refractivity contribution in [2.45, 2.75) is 58.5 Å². The van der Waals surface area contributed by atoms with E-state index in [9.17, 15) is 14.7 Å². The number of carbonyl (C=O) groups excluding carboxylic acids is 2. The first-order valence-corrected chi connectivity index (χ1v) is 14.1. The lowest BCUT2D eigenvalue weighted by Crippen LogP contribution is -2.42. The maximum atomic E-state index is 13.3. The zero-order valence-corrected chi connectivity index (χ0v) is 22.9. The van der Waals surface area contributed by atoms with Gasteiger partial charge in [-0.05, 0) is 78.5 Å². The Morgan fingerprint density at radius 3 is 2.55 bits per heavy atom. The molecule has 6 heteroatoms. The second-order valence-electron chi connectivity index (χ2n) is 11.4. The van der Waals surface area contributed by atoms with E-state index in [1.165, 1.54) is 5.56 Å². The van der Waals surface area contributed by atoms with Gasteiger partial charge in [-0.1, -0.05) is 44.2 Å². The standard InChI is InChI=1S/C32H40N2O4/c1-21(2)26-8-6-25-10-12-34(32(37)29(25)17-26)19-28-16-23(20-38-28)15-22(3)27-9-7-24-5-4-11-33(13-14-35)31(36)30(24)18-27/h6-9,15,17-18,21,23,28,35H,4-5,10-14,16,19-20H2,1-3H3/b22-15+. The molecular weight excluding hydrogens is 476 g/mol. The van der Waals surface area contributed by atoms with Crippen LogP contribution in [-0.2, 0) is 17.6 Å². The Kier molecular flexibility index (Phi) is 8.01. The second-order valence-corrected chi connectivity index (χ2v) is 11.4. The van der Waals surface area contributed by atoms with Crippen LogP contribution < -0.4 is 0 Å². The van der Waals surface area contributed by atoms with Crippen LogP contribution in [0.25, 0.3) is 5.57 Å². The smallest absolute Gasteiger partial charge is 0.254 e. The summed E-state index contributed by atoms with van der Waals surface area (Å²) in [4.78, 5) is 30.1. The van der Waals surface area contributed by atoms with Crippen LogP contribution in [0.5, 0.6) is 0 Å². The average Bonchev–Trinajstić information content (AvgIpc) is 3.29. The molecule has 3 aliphatic heterocycles. The highest BCUT2D eigenvalue weighted by atomic mass is 16.5. The number of β-amino-alcohol motifs (C(OH)–C–C–N with tert-alkyl or cyclic N) is 1. The van der Waals surface area contributed by atoms with E-state index in [4.69, 9.17) is 4.74 Å². The third-order valence-corrected chi connectivity index (χ3v) is 8.32. The number of aliphatic hydroxyl groups excluding tert-OH is 1. The van der Waals surface area contributed by atoms with Crippen molar-refractivity contribution in [1.29, 1.82) is 0 Å². The van der Waals surface area contributed by atoms with Crippen molar-refractivity contribution in [2.75, 3.05) is 39.4 Å². The molecule has 1 N–H and O–H groups in total. The van der Waals surface area contributed by atoms with E-state index >= 15 is 0 Å². The Balaban J connectivity index is 1.24. The molecule has 2 unspecified atom stereocenters. The van der Waals surface area contributed by atoms with Gasteiger partial charge in [0.15, 0.2) is 0 Å². The van der Waals surface area contributed by atoms with Gasteiger partial charge < -0.3 is 19.6 Å². The molecule has 0 bridgehead atoms. The Hall–Kier alpha value is -2.96. The van der Waals surface area contributed by atoms with E-state index in [0.717, 1.165) is 65.6 Å². The van der Waals surface area contributed by atoms with Crippen molar-refractivity contribution in [3.05, 3.63) is 75.9 Å².